The number of thiazole rings is 1. The molecule has 168 valence electrons. The van der Waals surface area contributed by atoms with Gasteiger partial charge in [0.05, 0.1) is 26.5 Å². The highest BCUT2D eigenvalue weighted by Gasteiger charge is 2.12. The third-order valence-corrected chi connectivity index (χ3v) is 5.90. The Morgan fingerprint density at radius 2 is 2.03 bits per heavy atom. The molecule has 10 nitrogen and oxygen atoms in total. The third kappa shape index (κ3) is 6.31. The lowest BCUT2D eigenvalue weighted by Gasteiger charge is -2.07. The first kappa shape index (κ1) is 23.3. The second kappa shape index (κ2) is 11.3. The average Bonchev–Trinajstić information content (AvgIpc) is 3.44. The fourth-order valence-electron chi connectivity index (χ4n) is 2.55. The van der Waals surface area contributed by atoms with Crippen LogP contribution in [-0.4, -0.2) is 51.5 Å². The molecular weight excluding hydrogens is 452 g/mol. The fourth-order valence-corrected chi connectivity index (χ4v) is 3.82. The molecule has 3 aromatic rings. The Balaban J connectivity index is 1.49. The van der Waals surface area contributed by atoms with Crippen LogP contribution in [0.5, 0.6) is 11.5 Å². The topological polar surface area (TPSA) is 120 Å². The number of hydrogen-bond donors (Lipinski definition) is 2. The van der Waals surface area contributed by atoms with Crippen LogP contribution >= 0.6 is 23.1 Å². The minimum Gasteiger partial charge on any atom is -0.493 e. The number of nitrogens with one attached hydrogen (secondary N) is 2. The summed E-state index contributed by atoms with van der Waals surface area (Å²) in [6.07, 6.45) is 4.73. The molecule has 2 heterocycles. The zero-order valence-corrected chi connectivity index (χ0v) is 19.3. The highest BCUT2D eigenvalue weighted by atomic mass is 32.2. The molecule has 0 unspecified atom stereocenters. The molecule has 0 aliphatic heterocycles. The smallest absolute Gasteiger partial charge is 0.244 e. The predicted molar refractivity (Wildman–Crippen MR) is 123 cm³/mol. The Bertz CT molecular complexity index is 1100. The summed E-state index contributed by atoms with van der Waals surface area (Å²) in [7, 11) is 4.90. The van der Waals surface area contributed by atoms with Gasteiger partial charge < -0.3 is 24.7 Å². The predicted octanol–water partition coefficient (Wildman–Crippen LogP) is 2.35. The summed E-state index contributed by atoms with van der Waals surface area (Å²) in [5.74, 6) is 1.49. The van der Waals surface area contributed by atoms with Gasteiger partial charge in [0.25, 0.3) is 0 Å². The van der Waals surface area contributed by atoms with E-state index >= 15 is 0 Å². The Morgan fingerprint density at radius 1 is 1.22 bits per heavy atom. The second-order valence-electron chi connectivity index (χ2n) is 6.30. The average molecular weight is 475 g/mol. The summed E-state index contributed by atoms with van der Waals surface area (Å²) in [5.41, 5.74) is 0.797. The molecule has 2 amide bonds. The largest absolute Gasteiger partial charge is 0.493 e. The lowest BCUT2D eigenvalue weighted by atomic mass is 10.2. The lowest BCUT2D eigenvalue weighted by Crippen LogP contribution is -2.22. The van der Waals surface area contributed by atoms with Gasteiger partial charge in [-0.2, -0.15) is 0 Å². The fraction of sp³-hybridized carbons (Fsp3) is 0.250. The molecule has 2 N–H and O–H groups in total. The van der Waals surface area contributed by atoms with Crippen molar-refractivity contribution in [1.29, 1.82) is 0 Å². The van der Waals surface area contributed by atoms with E-state index in [0.717, 1.165) is 5.56 Å². The first-order valence-corrected chi connectivity index (χ1v) is 11.2. The number of anilines is 1. The second-order valence-corrected chi connectivity index (χ2v) is 8.13. The lowest BCUT2D eigenvalue weighted by molar-refractivity contribution is -0.116. The van der Waals surface area contributed by atoms with Gasteiger partial charge in [0, 0.05) is 24.7 Å². The number of nitrogens with zero attached hydrogens (tertiary/aromatic N) is 4. The highest BCUT2D eigenvalue weighted by Crippen LogP contribution is 2.27. The quantitative estimate of drug-likeness (QED) is 0.339. The van der Waals surface area contributed by atoms with Crippen LogP contribution in [0, 0.1) is 0 Å². The summed E-state index contributed by atoms with van der Waals surface area (Å²) >= 11 is 2.60. The Hall–Kier alpha value is -3.38. The van der Waals surface area contributed by atoms with Gasteiger partial charge in [-0.15, -0.1) is 21.5 Å². The monoisotopic (exact) mass is 474 g/mol. The molecule has 0 radical (unpaired) electrons. The van der Waals surface area contributed by atoms with Crippen molar-refractivity contribution in [2.24, 2.45) is 7.05 Å². The van der Waals surface area contributed by atoms with Crippen LogP contribution in [0.1, 0.15) is 11.4 Å². The van der Waals surface area contributed by atoms with E-state index in [9.17, 15) is 9.59 Å². The van der Waals surface area contributed by atoms with E-state index in [-0.39, 0.29) is 24.1 Å². The Labute approximate surface area is 193 Å². The van der Waals surface area contributed by atoms with Crippen molar-refractivity contribution in [2.45, 2.75) is 11.7 Å². The van der Waals surface area contributed by atoms with E-state index in [1.54, 1.807) is 55.6 Å². The van der Waals surface area contributed by atoms with Crippen LogP contribution in [0.2, 0.25) is 0 Å². The van der Waals surface area contributed by atoms with Gasteiger partial charge in [-0.25, -0.2) is 4.98 Å². The van der Waals surface area contributed by atoms with Gasteiger partial charge in [0.2, 0.25) is 11.8 Å². The van der Waals surface area contributed by atoms with Crippen LogP contribution in [-0.2, 0) is 23.2 Å². The molecule has 12 heteroatoms. The van der Waals surface area contributed by atoms with Crippen LogP contribution in [0.25, 0.3) is 6.08 Å². The van der Waals surface area contributed by atoms with Gasteiger partial charge >= 0.3 is 0 Å². The molecule has 0 bridgehead atoms. The van der Waals surface area contributed by atoms with Crippen molar-refractivity contribution in [3.63, 3.8) is 0 Å². The molecule has 0 aliphatic carbocycles. The van der Waals surface area contributed by atoms with Gasteiger partial charge in [-0.3, -0.25) is 9.59 Å². The number of benzene rings is 1. The summed E-state index contributed by atoms with van der Waals surface area (Å²) in [5, 5.41) is 16.6. The summed E-state index contributed by atoms with van der Waals surface area (Å²) < 4.78 is 12.2. The van der Waals surface area contributed by atoms with Gasteiger partial charge in [-0.1, -0.05) is 17.8 Å². The maximum Gasteiger partial charge on any atom is 0.244 e. The van der Waals surface area contributed by atoms with E-state index in [1.807, 2.05) is 6.07 Å². The zero-order chi connectivity index (χ0) is 22.9. The molecule has 1 aromatic carbocycles. The molecule has 0 fully saturated rings. The van der Waals surface area contributed by atoms with Gasteiger partial charge in [0.1, 0.15) is 0 Å². The number of methoxy groups -OCH3 is 2. The SMILES string of the molecule is COc1ccc(/C=C/C(=O)NCc2nnc(SCC(=O)Nc3nccs3)n2C)cc1OC. The van der Waals surface area contributed by atoms with Crippen molar-refractivity contribution < 1.29 is 19.1 Å². The highest BCUT2D eigenvalue weighted by molar-refractivity contribution is 7.99. The van der Waals surface area contributed by atoms with E-state index in [4.69, 9.17) is 9.47 Å². The number of rotatable bonds is 10. The molecule has 0 saturated heterocycles. The van der Waals surface area contributed by atoms with Crippen LogP contribution in [0.15, 0.2) is 41.0 Å². The molecular formula is C20H22N6O4S2. The Kier molecular flexibility index (Phi) is 8.22. The van der Waals surface area contributed by atoms with E-state index < -0.39 is 0 Å². The van der Waals surface area contributed by atoms with E-state index in [1.165, 1.54) is 29.2 Å². The minimum absolute atomic E-state index is 0.173. The number of carbonyl (C=O) groups excluding carboxylic acids is 2. The van der Waals surface area contributed by atoms with Crippen molar-refractivity contribution >= 4 is 46.1 Å². The third-order valence-electron chi connectivity index (χ3n) is 4.19. The first-order chi connectivity index (χ1) is 15.5. The maximum atomic E-state index is 12.2. The first-order valence-electron chi connectivity index (χ1n) is 9.38. The van der Waals surface area contributed by atoms with Gasteiger partial charge in [0.15, 0.2) is 27.6 Å². The number of carbonyl (C=O) groups is 2. The minimum atomic E-state index is -0.278. The maximum absolute atomic E-state index is 12.2. The van der Waals surface area contributed by atoms with E-state index in [0.29, 0.717) is 27.6 Å². The molecule has 0 spiro atoms. The number of thioether (sulfide) groups is 1. The molecule has 3 rings (SSSR count). The molecule has 2 aromatic heterocycles. The standard InChI is InChI=1S/C20H22N6O4S2/c1-26-16(24-25-20(26)32-12-18(28)23-19-21-8-9-31-19)11-22-17(27)7-5-13-4-6-14(29-2)15(10-13)30-3/h4-10H,11-12H2,1-3H3,(H,22,27)(H,21,23,28)/b7-5+. The summed E-state index contributed by atoms with van der Waals surface area (Å²) in [4.78, 5) is 28.2. The van der Waals surface area contributed by atoms with Crippen LogP contribution < -0.4 is 20.1 Å². The van der Waals surface area contributed by atoms with Crippen LogP contribution in [0.3, 0.4) is 0 Å². The molecule has 32 heavy (non-hydrogen) atoms. The van der Waals surface area contributed by atoms with Crippen LogP contribution in [0.4, 0.5) is 5.13 Å². The zero-order valence-electron chi connectivity index (χ0n) is 17.7. The number of hydrogen-bond acceptors (Lipinski definition) is 9. The normalized spacial score (nSPS) is 10.8. The molecule has 0 aliphatic rings. The van der Waals surface area contributed by atoms with Crippen molar-refractivity contribution in [3.8, 4) is 11.5 Å². The summed E-state index contributed by atoms with van der Waals surface area (Å²) in [6, 6.07) is 5.37. The molecule has 0 saturated carbocycles. The summed E-state index contributed by atoms with van der Waals surface area (Å²) in [6.45, 7) is 0.199. The van der Waals surface area contributed by atoms with Crippen molar-refractivity contribution in [1.82, 2.24) is 25.1 Å². The number of aromatic nitrogens is 4. The van der Waals surface area contributed by atoms with Crippen molar-refractivity contribution in [3.05, 3.63) is 47.2 Å². The number of ether oxygens (including phenoxy) is 2. The van der Waals surface area contributed by atoms with Crippen molar-refractivity contribution in [2.75, 3.05) is 25.3 Å². The Morgan fingerprint density at radius 3 is 2.75 bits per heavy atom. The van der Waals surface area contributed by atoms with E-state index in [2.05, 4.69) is 25.8 Å². The molecule has 0 atom stereocenters. The number of amides is 2. The van der Waals surface area contributed by atoms with Gasteiger partial charge in [-0.05, 0) is 23.8 Å².